The third-order valence-corrected chi connectivity index (χ3v) is 7.10. The molecule has 8 atom stereocenters. The van der Waals surface area contributed by atoms with Gasteiger partial charge >= 0.3 is 23.8 Å². The van der Waals surface area contributed by atoms with Gasteiger partial charge in [-0.3, -0.25) is 19.8 Å². The summed E-state index contributed by atoms with van der Waals surface area (Å²) in [5.74, 6) is -3.62. The second kappa shape index (κ2) is 7.64. The molecular weight excluding hydrogens is 452 g/mol. The molecule has 0 radical (unpaired) electrons. The topological polar surface area (TPSA) is 151 Å². The number of esters is 3. The summed E-state index contributed by atoms with van der Waals surface area (Å²) in [6.07, 6.45) is -0.802. The lowest BCUT2D eigenvalue weighted by Crippen LogP contribution is -2.49. The number of ether oxygens (including phenoxy) is 4. The van der Waals surface area contributed by atoms with E-state index in [0.717, 1.165) is 12.1 Å². The molecule has 1 aromatic heterocycles. The van der Waals surface area contributed by atoms with Crippen LogP contribution in [0.15, 0.2) is 28.2 Å². The zero-order valence-corrected chi connectivity index (χ0v) is 19.0. The first kappa shape index (κ1) is 22.5. The Morgan fingerprint density at radius 1 is 1.26 bits per heavy atom. The van der Waals surface area contributed by atoms with Gasteiger partial charge in [-0.2, -0.15) is 0 Å². The molecule has 182 valence electrons. The van der Waals surface area contributed by atoms with Crippen molar-refractivity contribution in [3.05, 3.63) is 39.7 Å². The maximum Gasteiger partial charge on any atom is 0.433 e. The van der Waals surface area contributed by atoms with E-state index in [1.54, 1.807) is 32.0 Å². The molecule has 0 spiro atoms. The van der Waals surface area contributed by atoms with Crippen molar-refractivity contribution >= 4 is 23.8 Å². The van der Waals surface area contributed by atoms with Gasteiger partial charge in [-0.15, -0.1) is 0 Å². The lowest BCUT2D eigenvalue weighted by molar-refractivity contribution is -0.402. The van der Waals surface area contributed by atoms with Gasteiger partial charge in [0, 0.05) is 12.3 Å². The number of hydrogen-bond acceptors (Lipinski definition) is 11. The molecule has 12 heteroatoms. The maximum atomic E-state index is 12.9. The first-order valence-corrected chi connectivity index (χ1v) is 10.9. The van der Waals surface area contributed by atoms with Crippen molar-refractivity contribution in [2.75, 3.05) is 14.1 Å². The van der Waals surface area contributed by atoms with E-state index in [9.17, 15) is 24.5 Å². The molecule has 4 heterocycles. The van der Waals surface area contributed by atoms with Gasteiger partial charge in [0.1, 0.15) is 23.2 Å². The number of likely N-dealkylation sites (N-methyl/N-ethyl adjacent to an activating group) is 1. The van der Waals surface area contributed by atoms with E-state index in [4.69, 9.17) is 23.4 Å². The minimum absolute atomic E-state index is 0.281. The SMILES string of the molecule is CC1C(=O)OC2CC3(C)OC3C(OC(=O)c3ccc([N+](=O)[O-])o3)C(N(C)C)C3=CC(OC3=O)C21. The predicted octanol–water partition coefficient (Wildman–Crippen LogP) is 1.23. The quantitative estimate of drug-likeness (QED) is 0.203. The predicted molar refractivity (Wildman–Crippen MR) is 110 cm³/mol. The van der Waals surface area contributed by atoms with Crippen LogP contribution in [0, 0.1) is 22.0 Å². The summed E-state index contributed by atoms with van der Waals surface area (Å²) in [5.41, 5.74) is -0.509. The Morgan fingerprint density at radius 3 is 2.65 bits per heavy atom. The number of carbonyl (C=O) groups excluding carboxylic acids is 3. The largest absolute Gasteiger partial charge is 0.462 e. The van der Waals surface area contributed by atoms with Crippen LogP contribution < -0.4 is 0 Å². The molecule has 12 nitrogen and oxygen atoms in total. The van der Waals surface area contributed by atoms with E-state index < -0.39 is 64.7 Å². The standard InChI is InChI=1S/C22H24N2O10/c1-9-15-12-7-10(20(26)31-12)16(23(3)4)17(18-22(2,34-18)8-13(15)32-19(9)25)33-21(27)11-5-6-14(30-11)24(28)29/h5-7,9,12-13,15-18H,8H2,1-4H3. The van der Waals surface area contributed by atoms with Crippen molar-refractivity contribution in [2.24, 2.45) is 11.8 Å². The highest BCUT2D eigenvalue weighted by Crippen LogP contribution is 2.51. The summed E-state index contributed by atoms with van der Waals surface area (Å²) in [4.78, 5) is 50.0. The molecule has 2 fully saturated rings. The second-order valence-electron chi connectivity index (χ2n) is 9.56. The smallest absolute Gasteiger partial charge is 0.433 e. The zero-order valence-electron chi connectivity index (χ0n) is 19.0. The molecule has 0 saturated carbocycles. The molecule has 3 aliphatic heterocycles. The molecule has 1 aliphatic carbocycles. The average Bonchev–Trinajstić information content (AvgIpc) is 3.08. The first-order valence-electron chi connectivity index (χ1n) is 10.9. The fraction of sp³-hybridized carbons (Fsp3) is 0.591. The second-order valence-corrected chi connectivity index (χ2v) is 9.56. The van der Waals surface area contributed by atoms with Gasteiger partial charge in [0.05, 0.1) is 29.2 Å². The Balaban J connectivity index is 1.52. The number of furan rings is 1. The molecule has 0 N–H and O–H groups in total. The van der Waals surface area contributed by atoms with Crippen LogP contribution in [0.4, 0.5) is 5.88 Å². The summed E-state index contributed by atoms with van der Waals surface area (Å²) in [5, 5.41) is 10.9. The van der Waals surface area contributed by atoms with Crippen molar-refractivity contribution in [2.45, 2.75) is 56.3 Å². The van der Waals surface area contributed by atoms with E-state index in [2.05, 4.69) is 0 Å². The van der Waals surface area contributed by atoms with E-state index in [1.165, 1.54) is 0 Å². The van der Waals surface area contributed by atoms with Crippen molar-refractivity contribution in [1.82, 2.24) is 4.90 Å². The fourth-order valence-corrected chi connectivity index (χ4v) is 5.36. The molecule has 0 amide bonds. The van der Waals surface area contributed by atoms with Gasteiger partial charge in [-0.1, -0.05) is 6.92 Å². The maximum absolute atomic E-state index is 12.9. The lowest BCUT2D eigenvalue weighted by Gasteiger charge is -2.32. The third kappa shape index (κ3) is 3.48. The van der Waals surface area contributed by atoms with Gasteiger partial charge in [0.15, 0.2) is 6.10 Å². The number of hydrogen-bond donors (Lipinski definition) is 0. The molecule has 8 unspecified atom stereocenters. The Morgan fingerprint density at radius 2 is 2.00 bits per heavy atom. The molecule has 1 aromatic rings. The van der Waals surface area contributed by atoms with Crippen LogP contribution >= 0.6 is 0 Å². The Bertz CT molecular complexity index is 1110. The fourth-order valence-electron chi connectivity index (χ4n) is 5.36. The molecule has 2 saturated heterocycles. The summed E-state index contributed by atoms with van der Waals surface area (Å²) in [6, 6.07) is 1.48. The molecule has 34 heavy (non-hydrogen) atoms. The van der Waals surface area contributed by atoms with Crippen LogP contribution in [-0.4, -0.2) is 77.9 Å². The Hall–Kier alpha value is -3.25. The number of nitrogens with zero attached hydrogens (tertiary/aromatic N) is 2. The van der Waals surface area contributed by atoms with Gasteiger partial charge < -0.3 is 23.4 Å². The van der Waals surface area contributed by atoms with Crippen molar-refractivity contribution in [1.29, 1.82) is 0 Å². The van der Waals surface area contributed by atoms with Gasteiger partial charge in [0.25, 0.3) is 0 Å². The number of nitro groups is 1. The number of epoxide rings is 1. The average molecular weight is 476 g/mol. The minimum Gasteiger partial charge on any atom is -0.462 e. The summed E-state index contributed by atoms with van der Waals surface area (Å²) < 4.78 is 28.0. The van der Waals surface area contributed by atoms with Gasteiger partial charge in [-0.05, 0) is 33.2 Å². The van der Waals surface area contributed by atoms with Crippen molar-refractivity contribution < 1.29 is 42.7 Å². The van der Waals surface area contributed by atoms with E-state index in [-0.39, 0.29) is 23.2 Å². The molecule has 4 aliphatic rings. The number of rotatable bonds is 4. The zero-order chi connectivity index (χ0) is 24.5. The highest BCUT2D eigenvalue weighted by atomic mass is 16.7. The summed E-state index contributed by atoms with van der Waals surface area (Å²) >= 11 is 0. The number of carbonyl (C=O) groups is 3. The summed E-state index contributed by atoms with van der Waals surface area (Å²) in [6.45, 7) is 3.58. The lowest BCUT2D eigenvalue weighted by atomic mass is 9.79. The van der Waals surface area contributed by atoms with Crippen molar-refractivity contribution in [3.63, 3.8) is 0 Å². The van der Waals surface area contributed by atoms with Crippen LogP contribution in [0.2, 0.25) is 0 Å². The van der Waals surface area contributed by atoms with E-state index in [1.807, 2.05) is 6.92 Å². The Labute approximate surface area is 193 Å². The van der Waals surface area contributed by atoms with E-state index >= 15 is 0 Å². The van der Waals surface area contributed by atoms with Gasteiger partial charge in [0.2, 0.25) is 5.76 Å². The highest BCUT2D eigenvalue weighted by Gasteiger charge is 2.65. The van der Waals surface area contributed by atoms with Crippen LogP contribution in [0.25, 0.3) is 0 Å². The van der Waals surface area contributed by atoms with Crippen LogP contribution in [0.3, 0.4) is 0 Å². The first-order chi connectivity index (χ1) is 16.0. The molecule has 0 aromatic carbocycles. The van der Waals surface area contributed by atoms with E-state index in [0.29, 0.717) is 6.42 Å². The summed E-state index contributed by atoms with van der Waals surface area (Å²) in [7, 11) is 3.45. The third-order valence-electron chi connectivity index (χ3n) is 7.10. The normalized spacial score (nSPS) is 38.4. The van der Waals surface area contributed by atoms with Crippen LogP contribution in [0.5, 0.6) is 0 Å². The molecule has 5 rings (SSSR count). The highest BCUT2D eigenvalue weighted by molar-refractivity contribution is 5.93. The minimum atomic E-state index is -0.972. The molecular formula is C22H24N2O10. The molecule has 2 bridgehead atoms. The van der Waals surface area contributed by atoms with Gasteiger partial charge in [-0.25, -0.2) is 9.59 Å². The van der Waals surface area contributed by atoms with Crippen LogP contribution in [-0.2, 0) is 28.5 Å². The Kier molecular flexibility index (Phi) is 5.06. The van der Waals surface area contributed by atoms with Crippen molar-refractivity contribution in [3.8, 4) is 0 Å². The number of fused-ring (bicyclic) bond motifs is 4. The van der Waals surface area contributed by atoms with Crippen LogP contribution in [0.1, 0.15) is 30.8 Å². The monoisotopic (exact) mass is 476 g/mol.